The lowest BCUT2D eigenvalue weighted by Gasteiger charge is -2.24. The van der Waals surface area contributed by atoms with E-state index in [2.05, 4.69) is 40.2 Å². The number of aromatic nitrogens is 1. The molecule has 1 aliphatic heterocycles. The van der Waals surface area contributed by atoms with E-state index < -0.39 is 5.97 Å². The fourth-order valence-electron chi connectivity index (χ4n) is 4.10. The zero-order chi connectivity index (χ0) is 18.8. The number of hydrogen-bond acceptors (Lipinski definition) is 3. The number of carboxylic acid groups (broad SMARTS) is 1. The number of likely N-dealkylation sites (tertiary alicyclic amines) is 1. The Morgan fingerprint density at radius 2 is 2.07 bits per heavy atom. The molecule has 140 valence electrons. The number of H-pyrrole nitrogens is 1. The standard InChI is InChI=1S/C22H24N2O3/c1-15-21(22(25)26)18-14-17(9-10-19(18)23-15)27-13-12-24-11-5-8-20(24)16-6-3-2-4-7-16/h2-4,6-7,9-10,14,20,23H,5,8,11-13H2,1H3,(H,25,26). The number of aromatic amines is 1. The highest BCUT2D eigenvalue weighted by atomic mass is 16.5. The molecule has 1 aliphatic rings. The zero-order valence-corrected chi connectivity index (χ0v) is 15.4. The topological polar surface area (TPSA) is 65.6 Å². The van der Waals surface area contributed by atoms with E-state index in [4.69, 9.17) is 4.74 Å². The SMILES string of the molecule is Cc1[nH]c2ccc(OCCN3CCCC3c3ccccc3)cc2c1C(=O)O. The lowest BCUT2D eigenvalue weighted by Crippen LogP contribution is -2.28. The third-order valence-corrected chi connectivity index (χ3v) is 5.37. The molecular formula is C22H24N2O3. The average Bonchev–Trinajstić information content (AvgIpc) is 3.25. The number of nitrogens with zero attached hydrogens (tertiary/aromatic N) is 1. The van der Waals surface area contributed by atoms with Gasteiger partial charge in [0.2, 0.25) is 0 Å². The summed E-state index contributed by atoms with van der Waals surface area (Å²) in [5.74, 6) is -0.210. The Labute approximate surface area is 158 Å². The van der Waals surface area contributed by atoms with Crippen LogP contribution in [0.3, 0.4) is 0 Å². The van der Waals surface area contributed by atoms with E-state index >= 15 is 0 Å². The van der Waals surface area contributed by atoms with Crippen molar-refractivity contribution >= 4 is 16.9 Å². The van der Waals surface area contributed by atoms with Gasteiger partial charge in [-0.25, -0.2) is 4.79 Å². The summed E-state index contributed by atoms with van der Waals surface area (Å²) in [6, 6.07) is 16.7. The summed E-state index contributed by atoms with van der Waals surface area (Å²) in [6.45, 7) is 4.30. The van der Waals surface area contributed by atoms with Gasteiger partial charge in [0.1, 0.15) is 12.4 Å². The number of aryl methyl sites for hydroxylation is 1. The maximum absolute atomic E-state index is 11.5. The molecule has 2 aromatic carbocycles. The second-order valence-electron chi connectivity index (χ2n) is 7.09. The highest BCUT2D eigenvalue weighted by Crippen LogP contribution is 2.31. The molecule has 27 heavy (non-hydrogen) atoms. The molecule has 2 heterocycles. The van der Waals surface area contributed by atoms with Gasteiger partial charge >= 0.3 is 5.97 Å². The van der Waals surface area contributed by atoms with Crippen molar-refractivity contribution in [2.24, 2.45) is 0 Å². The van der Waals surface area contributed by atoms with Gasteiger partial charge in [-0.1, -0.05) is 30.3 Å². The van der Waals surface area contributed by atoms with E-state index in [9.17, 15) is 9.90 Å². The fraction of sp³-hybridized carbons (Fsp3) is 0.318. The van der Waals surface area contributed by atoms with Crippen LogP contribution in [0.1, 0.15) is 40.5 Å². The van der Waals surface area contributed by atoms with Gasteiger partial charge in [-0.15, -0.1) is 0 Å². The van der Waals surface area contributed by atoms with Gasteiger partial charge in [-0.2, -0.15) is 0 Å². The highest BCUT2D eigenvalue weighted by molar-refractivity contribution is 6.05. The van der Waals surface area contributed by atoms with E-state index in [0.29, 0.717) is 35.0 Å². The van der Waals surface area contributed by atoms with Gasteiger partial charge in [0, 0.05) is 29.2 Å². The number of aromatic carboxylic acids is 1. The predicted molar refractivity (Wildman–Crippen MR) is 105 cm³/mol. The molecule has 0 bridgehead atoms. The van der Waals surface area contributed by atoms with E-state index in [1.807, 2.05) is 18.2 Å². The number of carboxylic acids is 1. The van der Waals surface area contributed by atoms with Gasteiger partial charge < -0.3 is 14.8 Å². The first-order chi connectivity index (χ1) is 13.1. The Balaban J connectivity index is 1.43. The lowest BCUT2D eigenvalue weighted by molar-refractivity contribution is 0.0698. The first-order valence-electron chi connectivity index (χ1n) is 9.41. The number of benzene rings is 2. The molecule has 0 spiro atoms. The van der Waals surface area contributed by atoms with Crippen molar-refractivity contribution in [3.63, 3.8) is 0 Å². The van der Waals surface area contributed by atoms with Crippen molar-refractivity contribution in [1.82, 2.24) is 9.88 Å². The molecule has 1 aromatic heterocycles. The maximum atomic E-state index is 11.5. The summed E-state index contributed by atoms with van der Waals surface area (Å²) >= 11 is 0. The minimum absolute atomic E-state index is 0.319. The summed E-state index contributed by atoms with van der Waals surface area (Å²) in [7, 11) is 0. The van der Waals surface area contributed by atoms with Crippen LogP contribution >= 0.6 is 0 Å². The van der Waals surface area contributed by atoms with Crippen LogP contribution in [0.25, 0.3) is 10.9 Å². The Bertz CT molecular complexity index is 949. The first-order valence-corrected chi connectivity index (χ1v) is 9.41. The van der Waals surface area contributed by atoms with Crippen LogP contribution in [0.5, 0.6) is 5.75 Å². The van der Waals surface area contributed by atoms with E-state index in [1.165, 1.54) is 18.4 Å². The molecule has 5 nitrogen and oxygen atoms in total. The quantitative estimate of drug-likeness (QED) is 0.681. The third-order valence-electron chi connectivity index (χ3n) is 5.37. The number of hydrogen-bond donors (Lipinski definition) is 2. The number of fused-ring (bicyclic) bond motifs is 1. The number of nitrogens with one attached hydrogen (secondary N) is 1. The van der Waals surface area contributed by atoms with Crippen molar-refractivity contribution < 1.29 is 14.6 Å². The van der Waals surface area contributed by atoms with Crippen LogP contribution in [-0.2, 0) is 0 Å². The molecule has 0 saturated carbocycles. The second-order valence-corrected chi connectivity index (χ2v) is 7.09. The number of ether oxygens (including phenoxy) is 1. The summed E-state index contributed by atoms with van der Waals surface area (Å²) in [5, 5.41) is 10.1. The van der Waals surface area contributed by atoms with Crippen LogP contribution in [0.4, 0.5) is 0 Å². The van der Waals surface area contributed by atoms with Gasteiger partial charge in [-0.3, -0.25) is 4.90 Å². The second kappa shape index (κ2) is 7.45. The normalized spacial score (nSPS) is 17.4. The van der Waals surface area contributed by atoms with Gasteiger partial charge in [0.25, 0.3) is 0 Å². The molecule has 0 aliphatic carbocycles. The summed E-state index contributed by atoms with van der Waals surface area (Å²) in [6.07, 6.45) is 2.39. The Morgan fingerprint density at radius 1 is 1.26 bits per heavy atom. The van der Waals surface area contributed by atoms with Crippen LogP contribution in [0, 0.1) is 6.92 Å². The number of rotatable bonds is 6. The largest absolute Gasteiger partial charge is 0.492 e. The van der Waals surface area contributed by atoms with Crippen molar-refractivity contribution in [1.29, 1.82) is 0 Å². The first kappa shape index (κ1) is 17.6. The lowest BCUT2D eigenvalue weighted by atomic mass is 10.0. The average molecular weight is 364 g/mol. The molecule has 1 saturated heterocycles. The Kier molecular flexibility index (Phi) is 4.86. The molecule has 1 fully saturated rings. The monoisotopic (exact) mass is 364 g/mol. The summed E-state index contributed by atoms with van der Waals surface area (Å²) < 4.78 is 5.96. The molecule has 3 aromatic rings. The van der Waals surface area contributed by atoms with Gasteiger partial charge in [0.05, 0.1) is 5.56 Å². The summed E-state index contributed by atoms with van der Waals surface area (Å²) in [5.41, 5.74) is 3.17. The van der Waals surface area contributed by atoms with Gasteiger partial charge in [0.15, 0.2) is 0 Å². The van der Waals surface area contributed by atoms with Crippen LogP contribution in [-0.4, -0.2) is 40.7 Å². The molecule has 1 unspecified atom stereocenters. The van der Waals surface area contributed by atoms with Crippen molar-refractivity contribution in [2.75, 3.05) is 19.7 Å². The van der Waals surface area contributed by atoms with Crippen LogP contribution in [0.15, 0.2) is 48.5 Å². The molecule has 0 radical (unpaired) electrons. The number of carbonyl (C=O) groups is 1. The van der Waals surface area contributed by atoms with Crippen LogP contribution < -0.4 is 4.74 Å². The maximum Gasteiger partial charge on any atom is 0.338 e. The van der Waals surface area contributed by atoms with E-state index in [0.717, 1.165) is 18.6 Å². The highest BCUT2D eigenvalue weighted by Gasteiger charge is 2.25. The Morgan fingerprint density at radius 3 is 2.85 bits per heavy atom. The Hall–Kier alpha value is -2.79. The fourth-order valence-corrected chi connectivity index (χ4v) is 4.10. The smallest absolute Gasteiger partial charge is 0.338 e. The molecular weight excluding hydrogens is 340 g/mol. The van der Waals surface area contributed by atoms with Gasteiger partial charge in [-0.05, 0) is 50.1 Å². The van der Waals surface area contributed by atoms with Crippen molar-refractivity contribution in [2.45, 2.75) is 25.8 Å². The van der Waals surface area contributed by atoms with Crippen molar-refractivity contribution in [3.05, 3.63) is 65.4 Å². The third kappa shape index (κ3) is 3.55. The van der Waals surface area contributed by atoms with E-state index in [-0.39, 0.29) is 0 Å². The minimum atomic E-state index is -0.918. The summed E-state index contributed by atoms with van der Waals surface area (Å²) in [4.78, 5) is 17.1. The predicted octanol–water partition coefficient (Wildman–Crippen LogP) is 4.39. The minimum Gasteiger partial charge on any atom is -0.492 e. The molecule has 5 heteroatoms. The van der Waals surface area contributed by atoms with Crippen molar-refractivity contribution in [3.8, 4) is 5.75 Å². The molecule has 2 N–H and O–H groups in total. The van der Waals surface area contributed by atoms with Crippen LogP contribution in [0.2, 0.25) is 0 Å². The molecule has 1 atom stereocenters. The molecule has 4 rings (SSSR count). The van der Waals surface area contributed by atoms with E-state index in [1.54, 1.807) is 6.92 Å². The molecule has 0 amide bonds. The zero-order valence-electron chi connectivity index (χ0n) is 15.4.